The van der Waals surface area contributed by atoms with Crippen molar-refractivity contribution in [1.29, 1.82) is 0 Å². The Kier molecular flexibility index (Phi) is 5.56. The number of benzene rings is 2. The second-order valence-corrected chi connectivity index (χ2v) is 8.46. The minimum Gasteiger partial charge on any atom is -0.349 e. The van der Waals surface area contributed by atoms with Crippen molar-refractivity contribution < 1.29 is 9.59 Å². The Morgan fingerprint density at radius 2 is 1.55 bits per heavy atom. The van der Waals surface area contributed by atoms with Crippen molar-refractivity contribution in [2.75, 3.05) is 5.32 Å². The molecular formula is C24H29N3O2. The van der Waals surface area contributed by atoms with Crippen LogP contribution in [0, 0.1) is 13.8 Å². The molecule has 2 aliphatic rings. The van der Waals surface area contributed by atoms with Crippen LogP contribution in [0.4, 0.5) is 10.5 Å². The number of fused-ring (bicyclic) bond motifs is 2. The molecular weight excluding hydrogens is 362 g/mol. The van der Waals surface area contributed by atoms with Crippen LogP contribution >= 0.6 is 0 Å². The summed E-state index contributed by atoms with van der Waals surface area (Å²) in [5.41, 5.74) is 3.82. The van der Waals surface area contributed by atoms with Crippen molar-refractivity contribution in [2.24, 2.45) is 0 Å². The van der Waals surface area contributed by atoms with Crippen LogP contribution in [0.15, 0.2) is 48.5 Å². The maximum Gasteiger partial charge on any atom is 0.322 e. The van der Waals surface area contributed by atoms with Crippen LogP contribution in [-0.4, -0.2) is 35.0 Å². The van der Waals surface area contributed by atoms with Crippen molar-refractivity contribution in [2.45, 2.75) is 64.1 Å². The van der Waals surface area contributed by atoms with E-state index in [9.17, 15) is 9.59 Å². The van der Waals surface area contributed by atoms with E-state index in [1.165, 1.54) is 0 Å². The standard InChI is InChI=1S/C24H29N3O2/c1-16-11-17(2)13-19(12-16)26-24(29)27-21-9-6-10-22(27)15-20(14-21)25-23(28)18-7-4-3-5-8-18/h3-5,7-8,11-13,20-22H,6,9-10,14-15H2,1-2H3,(H,25,28)(H,26,29)/t21-,22-/m1/s1. The fourth-order valence-corrected chi connectivity index (χ4v) is 4.92. The number of carbonyl (C=O) groups is 2. The molecule has 2 aromatic carbocycles. The molecule has 0 saturated carbocycles. The summed E-state index contributed by atoms with van der Waals surface area (Å²) in [5, 5.41) is 6.29. The zero-order chi connectivity index (χ0) is 20.4. The van der Waals surface area contributed by atoms with Gasteiger partial charge in [0.05, 0.1) is 0 Å². The number of hydrogen-bond donors (Lipinski definition) is 2. The largest absolute Gasteiger partial charge is 0.349 e. The first kappa shape index (κ1) is 19.5. The molecule has 0 aliphatic carbocycles. The van der Waals surface area contributed by atoms with E-state index in [0.717, 1.165) is 48.9 Å². The average Bonchev–Trinajstić information content (AvgIpc) is 2.67. The molecule has 2 fully saturated rings. The summed E-state index contributed by atoms with van der Waals surface area (Å²) in [5.74, 6) is -0.0261. The van der Waals surface area contributed by atoms with Gasteiger partial charge in [-0.1, -0.05) is 24.3 Å². The van der Waals surface area contributed by atoms with Crippen LogP contribution in [0.25, 0.3) is 0 Å². The monoisotopic (exact) mass is 391 g/mol. The smallest absolute Gasteiger partial charge is 0.322 e. The van der Waals surface area contributed by atoms with E-state index < -0.39 is 0 Å². The van der Waals surface area contributed by atoms with Gasteiger partial charge >= 0.3 is 6.03 Å². The topological polar surface area (TPSA) is 61.4 Å². The first-order chi connectivity index (χ1) is 14.0. The number of urea groups is 1. The van der Waals surface area contributed by atoms with Crippen molar-refractivity contribution in [3.63, 3.8) is 0 Å². The molecule has 4 rings (SSSR count). The van der Waals surface area contributed by atoms with Gasteiger partial charge in [0.1, 0.15) is 0 Å². The summed E-state index contributed by atoms with van der Waals surface area (Å²) >= 11 is 0. The van der Waals surface area contributed by atoms with E-state index in [1.54, 1.807) is 0 Å². The summed E-state index contributed by atoms with van der Waals surface area (Å²) in [4.78, 5) is 27.7. The number of nitrogens with zero attached hydrogens (tertiary/aromatic N) is 1. The second-order valence-electron chi connectivity index (χ2n) is 8.46. The zero-order valence-corrected chi connectivity index (χ0v) is 17.2. The number of carbonyl (C=O) groups excluding carboxylic acids is 2. The molecule has 2 aliphatic heterocycles. The molecule has 2 aromatic rings. The maximum absolute atomic E-state index is 13.1. The number of hydrogen-bond acceptors (Lipinski definition) is 2. The van der Waals surface area contributed by atoms with E-state index in [-0.39, 0.29) is 30.1 Å². The fourth-order valence-electron chi connectivity index (χ4n) is 4.92. The van der Waals surface area contributed by atoms with Crippen LogP contribution in [0.2, 0.25) is 0 Å². The zero-order valence-electron chi connectivity index (χ0n) is 17.2. The third kappa shape index (κ3) is 4.44. The molecule has 0 aromatic heterocycles. The molecule has 2 N–H and O–H groups in total. The summed E-state index contributed by atoms with van der Waals surface area (Å²) in [7, 11) is 0. The summed E-state index contributed by atoms with van der Waals surface area (Å²) in [6, 6.07) is 15.9. The van der Waals surface area contributed by atoms with Crippen LogP contribution in [0.5, 0.6) is 0 Å². The molecule has 29 heavy (non-hydrogen) atoms. The SMILES string of the molecule is Cc1cc(C)cc(NC(=O)N2[C@@H]3CCC[C@@H]2CC(NC(=O)c2ccccc2)C3)c1. The number of piperidine rings is 2. The number of anilines is 1. The lowest BCUT2D eigenvalue weighted by Crippen LogP contribution is -2.59. The van der Waals surface area contributed by atoms with Crippen LogP contribution in [0.3, 0.4) is 0 Å². The summed E-state index contributed by atoms with van der Waals surface area (Å²) < 4.78 is 0. The van der Waals surface area contributed by atoms with Crippen molar-refractivity contribution in [1.82, 2.24) is 10.2 Å². The third-order valence-electron chi connectivity index (χ3n) is 6.05. The molecule has 2 bridgehead atoms. The summed E-state index contributed by atoms with van der Waals surface area (Å²) in [6.07, 6.45) is 4.76. The molecule has 5 heteroatoms. The first-order valence-electron chi connectivity index (χ1n) is 10.5. The Morgan fingerprint density at radius 1 is 0.931 bits per heavy atom. The van der Waals surface area contributed by atoms with E-state index in [1.807, 2.05) is 61.2 Å². The van der Waals surface area contributed by atoms with Crippen LogP contribution < -0.4 is 10.6 Å². The van der Waals surface area contributed by atoms with E-state index in [4.69, 9.17) is 0 Å². The highest BCUT2D eigenvalue weighted by Crippen LogP contribution is 2.34. The molecule has 2 heterocycles. The lowest BCUT2D eigenvalue weighted by Gasteiger charge is -2.48. The lowest BCUT2D eigenvalue weighted by molar-refractivity contribution is 0.0577. The first-order valence-corrected chi connectivity index (χ1v) is 10.5. The van der Waals surface area contributed by atoms with Gasteiger partial charge in [-0.05, 0) is 81.3 Å². The highest BCUT2D eigenvalue weighted by atomic mass is 16.2. The van der Waals surface area contributed by atoms with E-state index in [2.05, 4.69) is 16.7 Å². The molecule has 2 atom stereocenters. The Bertz CT molecular complexity index is 862. The van der Waals surface area contributed by atoms with Gasteiger partial charge in [0.25, 0.3) is 5.91 Å². The maximum atomic E-state index is 13.1. The lowest BCUT2D eigenvalue weighted by atomic mass is 9.82. The van der Waals surface area contributed by atoms with Crippen molar-refractivity contribution in [3.8, 4) is 0 Å². The predicted molar refractivity (Wildman–Crippen MR) is 115 cm³/mol. The van der Waals surface area contributed by atoms with Crippen molar-refractivity contribution in [3.05, 3.63) is 65.2 Å². The molecule has 152 valence electrons. The van der Waals surface area contributed by atoms with Gasteiger partial charge in [-0.3, -0.25) is 4.79 Å². The predicted octanol–water partition coefficient (Wildman–Crippen LogP) is 4.65. The minimum atomic E-state index is -0.0261. The van der Waals surface area contributed by atoms with E-state index in [0.29, 0.717) is 5.56 Å². The quantitative estimate of drug-likeness (QED) is 0.800. The normalized spacial score (nSPS) is 23.4. The molecule has 0 spiro atoms. The van der Waals surface area contributed by atoms with E-state index >= 15 is 0 Å². The highest BCUT2D eigenvalue weighted by Gasteiger charge is 2.41. The third-order valence-corrected chi connectivity index (χ3v) is 6.05. The fraction of sp³-hybridized carbons (Fsp3) is 0.417. The molecule has 2 saturated heterocycles. The number of nitrogens with one attached hydrogen (secondary N) is 2. The van der Waals surface area contributed by atoms with Gasteiger partial charge < -0.3 is 15.5 Å². The molecule has 0 unspecified atom stereocenters. The Hall–Kier alpha value is -2.82. The number of aryl methyl sites for hydroxylation is 2. The van der Waals surface area contributed by atoms with Crippen LogP contribution in [-0.2, 0) is 0 Å². The highest BCUT2D eigenvalue weighted by molar-refractivity contribution is 5.94. The number of rotatable bonds is 3. The van der Waals surface area contributed by atoms with Crippen molar-refractivity contribution >= 4 is 17.6 Å². The van der Waals surface area contributed by atoms with Gasteiger partial charge in [0.15, 0.2) is 0 Å². The summed E-state index contributed by atoms with van der Waals surface area (Å²) in [6.45, 7) is 4.08. The molecule has 5 nitrogen and oxygen atoms in total. The van der Waals surface area contributed by atoms with Gasteiger partial charge in [-0.15, -0.1) is 0 Å². The Labute approximate surface area is 172 Å². The Morgan fingerprint density at radius 3 is 2.17 bits per heavy atom. The van der Waals surface area contributed by atoms with Crippen LogP contribution in [0.1, 0.15) is 53.6 Å². The Balaban J connectivity index is 1.43. The molecule has 3 amide bonds. The number of amides is 3. The minimum absolute atomic E-state index is 0.0162. The van der Waals surface area contributed by atoms with Gasteiger partial charge in [-0.25, -0.2) is 4.79 Å². The van der Waals surface area contributed by atoms with Gasteiger partial charge in [-0.2, -0.15) is 0 Å². The van der Waals surface area contributed by atoms with Gasteiger partial charge in [0, 0.05) is 29.4 Å². The van der Waals surface area contributed by atoms with Gasteiger partial charge in [0.2, 0.25) is 0 Å². The second kappa shape index (κ2) is 8.27. The average molecular weight is 392 g/mol. The molecule has 0 radical (unpaired) electrons.